The third kappa shape index (κ3) is 3.61. The van der Waals surface area contributed by atoms with Gasteiger partial charge in [0.05, 0.1) is 10.5 Å². The normalized spacial score (nSPS) is 14.3. The highest BCUT2D eigenvalue weighted by atomic mass is 32.2. The second-order valence-electron chi connectivity index (χ2n) is 6.42. The lowest BCUT2D eigenvalue weighted by molar-refractivity contribution is 0.0981. The molecule has 0 radical (unpaired) electrons. The van der Waals surface area contributed by atoms with Gasteiger partial charge in [0, 0.05) is 25.3 Å². The molecular weight excluding hydrogens is 367 g/mol. The first-order chi connectivity index (χ1) is 12.9. The minimum absolute atomic E-state index is 0.0683. The fourth-order valence-corrected chi connectivity index (χ4v) is 4.92. The van der Waals surface area contributed by atoms with E-state index in [-0.39, 0.29) is 10.5 Å². The highest BCUT2D eigenvalue weighted by molar-refractivity contribution is 7.89. The fraction of sp³-hybridized carbons (Fsp3) is 0.350. The van der Waals surface area contributed by atoms with Crippen LogP contribution in [0.1, 0.15) is 36.2 Å². The van der Waals surface area contributed by atoms with Gasteiger partial charge in [0.1, 0.15) is 5.82 Å². The van der Waals surface area contributed by atoms with Crippen LogP contribution in [0.25, 0.3) is 0 Å². The Kier molecular flexibility index (Phi) is 5.62. The molecule has 7 heteroatoms. The maximum absolute atomic E-state index is 14.4. The molecule has 0 N–H and O–H groups in total. The number of anilines is 1. The molecule has 27 heavy (non-hydrogen) atoms. The van der Waals surface area contributed by atoms with Crippen molar-refractivity contribution in [3.8, 4) is 0 Å². The van der Waals surface area contributed by atoms with Gasteiger partial charge in [-0.25, -0.2) is 12.8 Å². The molecular formula is C20H23FN2O3S. The molecule has 0 bridgehead atoms. The van der Waals surface area contributed by atoms with Crippen molar-refractivity contribution in [2.24, 2.45) is 0 Å². The number of aryl methyl sites for hydroxylation is 1. The Morgan fingerprint density at radius 1 is 1.15 bits per heavy atom. The zero-order valence-corrected chi connectivity index (χ0v) is 16.3. The molecule has 1 aliphatic heterocycles. The van der Waals surface area contributed by atoms with Crippen molar-refractivity contribution < 1.29 is 17.6 Å². The first-order valence-electron chi connectivity index (χ1n) is 9.09. The van der Waals surface area contributed by atoms with E-state index < -0.39 is 21.7 Å². The molecule has 0 aliphatic carbocycles. The number of rotatable bonds is 5. The van der Waals surface area contributed by atoms with E-state index in [4.69, 9.17) is 0 Å². The predicted octanol–water partition coefficient (Wildman–Crippen LogP) is 3.45. The number of para-hydroxylation sites is 1. The average molecular weight is 390 g/mol. The van der Waals surface area contributed by atoms with E-state index in [1.165, 1.54) is 15.3 Å². The van der Waals surface area contributed by atoms with E-state index in [2.05, 4.69) is 0 Å². The highest BCUT2D eigenvalue weighted by Gasteiger charge is 2.28. The molecule has 1 amide bonds. The molecule has 2 aromatic carbocycles. The number of hydrogen-bond acceptors (Lipinski definition) is 3. The summed E-state index contributed by atoms with van der Waals surface area (Å²) in [6, 6.07) is 11.0. The summed E-state index contributed by atoms with van der Waals surface area (Å²) in [5.41, 5.74) is 1.56. The van der Waals surface area contributed by atoms with Crippen LogP contribution in [-0.4, -0.2) is 38.3 Å². The van der Waals surface area contributed by atoms with E-state index in [1.54, 1.807) is 13.8 Å². The van der Waals surface area contributed by atoms with Gasteiger partial charge in [0.15, 0.2) is 0 Å². The second kappa shape index (κ2) is 7.78. The molecule has 1 heterocycles. The van der Waals surface area contributed by atoms with Gasteiger partial charge in [-0.05, 0) is 42.7 Å². The lowest BCUT2D eigenvalue weighted by atomic mass is 10.0. The van der Waals surface area contributed by atoms with Gasteiger partial charge in [-0.15, -0.1) is 0 Å². The molecule has 5 nitrogen and oxygen atoms in total. The highest BCUT2D eigenvalue weighted by Crippen LogP contribution is 2.29. The van der Waals surface area contributed by atoms with Gasteiger partial charge in [0.2, 0.25) is 10.0 Å². The zero-order valence-electron chi connectivity index (χ0n) is 15.5. The SMILES string of the molecule is CCN(CC)S(=O)(=O)c1ccc(F)c(C(=O)N2CCCc3ccccc32)c1. The lowest BCUT2D eigenvalue weighted by Crippen LogP contribution is -2.36. The Morgan fingerprint density at radius 2 is 1.85 bits per heavy atom. The molecule has 0 atom stereocenters. The molecule has 3 rings (SSSR count). The summed E-state index contributed by atoms with van der Waals surface area (Å²) in [5, 5.41) is 0. The molecule has 144 valence electrons. The summed E-state index contributed by atoms with van der Waals surface area (Å²) >= 11 is 0. The van der Waals surface area contributed by atoms with Gasteiger partial charge in [-0.3, -0.25) is 4.79 Å². The summed E-state index contributed by atoms with van der Waals surface area (Å²) < 4.78 is 41.2. The first-order valence-corrected chi connectivity index (χ1v) is 10.5. The standard InChI is InChI=1S/C20H23FN2O3S/c1-3-22(4-2)27(25,26)16-11-12-18(21)17(14-16)20(24)23-13-7-9-15-8-5-6-10-19(15)23/h5-6,8,10-12,14H,3-4,7,9,13H2,1-2H3. The van der Waals surface area contributed by atoms with Crippen molar-refractivity contribution in [1.82, 2.24) is 4.31 Å². The van der Waals surface area contributed by atoms with Crippen LogP contribution in [0.4, 0.5) is 10.1 Å². The summed E-state index contributed by atoms with van der Waals surface area (Å²) in [6.45, 7) is 4.56. The van der Waals surface area contributed by atoms with Crippen molar-refractivity contribution in [2.75, 3.05) is 24.5 Å². The summed E-state index contributed by atoms with van der Waals surface area (Å²) in [5.74, 6) is -1.24. The maximum Gasteiger partial charge on any atom is 0.261 e. The van der Waals surface area contributed by atoms with Crippen molar-refractivity contribution in [2.45, 2.75) is 31.6 Å². The fourth-order valence-electron chi connectivity index (χ4n) is 3.43. The van der Waals surface area contributed by atoms with Crippen molar-refractivity contribution in [3.63, 3.8) is 0 Å². The quantitative estimate of drug-likeness (QED) is 0.786. The van der Waals surface area contributed by atoms with E-state index in [0.717, 1.165) is 36.2 Å². The Labute approximate surface area is 159 Å². The number of hydrogen-bond donors (Lipinski definition) is 0. The lowest BCUT2D eigenvalue weighted by Gasteiger charge is -2.29. The smallest absolute Gasteiger partial charge is 0.261 e. The van der Waals surface area contributed by atoms with Crippen molar-refractivity contribution >= 4 is 21.6 Å². The van der Waals surface area contributed by atoms with E-state index in [0.29, 0.717) is 19.6 Å². The average Bonchev–Trinajstić information content (AvgIpc) is 2.68. The van der Waals surface area contributed by atoms with Crippen LogP contribution in [0.2, 0.25) is 0 Å². The molecule has 0 spiro atoms. The molecule has 0 unspecified atom stereocenters. The third-order valence-corrected chi connectivity index (χ3v) is 6.91. The van der Waals surface area contributed by atoms with Gasteiger partial charge in [-0.1, -0.05) is 32.0 Å². The van der Waals surface area contributed by atoms with Crippen LogP contribution in [0.3, 0.4) is 0 Å². The Hall–Kier alpha value is -2.25. The number of carbonyl (C=O) groups is 1. The van der Waals surface area contributed by atoms with Gasteiger partial charge in [0.25, 0.3) is 5.91 Å². The van der Waals surface area contributed by atoms with Crippen LogP contribution < -0.4 is 4.90 Å². The van der Waals surface area contributed by atoms with Gasteiger partial charge >= 0.3 is 0 Å². The van der Waals surface area contributed by atoms with Crippen molar-refractivity contribution in [3.05, 3.63) is 59.4 Å². The molecule has 0 saturated heterocycles. The number of benzene rings is 2. The topological polar surface area (TPSA) is 57.7 Å². The summed E-state index contributed by atoms with van der Waals surface area (Å²) in [4.78, 5) is 14.5. The van der Waals surface area contributed by atoms with E-state index >= 15 is 0 Å². The minimum atomic E-state index is -3.77. The van der Waals surface area contributed by atoms with Crippen LogP contribution in [0.5, 0.6) is 0 Å². The van der Waals surface area contributed by atoms with E-state index in [1.807, 2.05) is 24.3 Å². The van der Waals surface area contributed by atoms with Crippen LogP contribution >= 0.6 is 0 Å². The second-order valence-corrected chi connectivity index (χ2v) is 8.36. The number of fused-ring (bicyclic) bond motifs is 1. The summed E-state index contributed by atoms with van der Waals surface area (Å²) in [6.07, 6.45) is 1.64. The third-order valence-electron chi connectivity index (χ3n) is 4.87. The molecule has 0 saturated carbocycles. The predicted molar refractivity (Wildman–Crippen MR) is 103 cm³/mol. The molecule has 0 fully saturated rings. The summed E-state index contributed by atoms with van der Waals surface area (Å²) in [7, 11) is -3.77. The number of halogens is 1. The number of nitrogens with zero attached hydrogens (tertiary/aromatic N) is 2. The maximum atomic E-state index is 14.4. The van der Waals surface area contributed by atoms with Crippen LogP contribution in [-0.2, 0) is 16.4 Å². The number of sulfonamides is 1. The molecule has 0 aromatic heterocycles. The minimum Gasteiger partial charge on any atom is -0.308 e. The van der Waals surface area contributed by atoms with Crippen molar-refractivity contribution in [1.29, 1.82) is 0 Å². The Balaban J connectivity index is 2.02. The molecule has 2 aromatic rings. The Bertz CT molecular complexity index is 955. The largest absolute Gasteiger partial charge is 0.308 e. The molecule has 1 aliphatic rings. The Morgan fingerprint density at radius 3 is 2.56 bits per heavy atom. The monoisotopic (exact) mass is 390 g/mol. The zero-order chi connectivity index (χ0) is 19.6. The van der Waals surface area contributed by atoms with E-state index in [9.17, 15) is 17.6 Å². The van der Waals surface area contributed by atoms with Crippen LogP contribution in [0, 0.1) is 5.82 Å². The van der Waals surface area contributed by atoms with Crippen LogP contribution in [0.15, 0.2) is 47.4 Å². The van der Waals surface area contributed by atoms with Gasteiger partial charge in [-0.2, -0.15) is 4.31 Å². The number of carbonyl (C=O) groups excluding carboxylic acids is 1. The first kappa shape index (κ1) is 19.5. The number of amides is 1. The van der Waals surface area contributed by atoms with Gasteiger partial charge < -0.3 is 4.90 Å².